The highest BCUT2D eigenvalue weighted by Gasteiger charge is 2.10. The zero-order valence-corrected chi connectivity index (χ0v) is 15.5. The second-order valence-electron chi connectivity index (χ2n) is 6.27. The molecular weight excluding hydrogens is 314 g/mol. The van der Waals surface area contributed by atoms with E-state index in [1.165, 1.54) is 0 Å². The molecule has 1 heterocycles. The van der Waals surface area contributed by atoms with E-state index in [0.29, 0.717) is 13.2 Å². The van der Waals surface area contributed by atoms with Gasteiger partial charge in [-0.2, -0.15) is 0 Å². The van der Waals surface area contributed by atoms with Crippen molar-refractivity contribution in [1.82, 2.24) is 4.90 Å². The maximum Gasteiger partial charge on any atom is 0.100 e. The second-order valence-corrected chi connectivity index (χ2v) is 6.27. The molecule has 0 radical (unpaired) electrons. The Morgan fingerprint density at radius 1 is 1.32 bits per heavy atom. The van der Waals surface area contributed by atoms with Gasteiger partial charge in [0.1, 0.15) is 6.61 Å². The van der Waals surface area contributed by atoms with Crippen molar-refractivity contribution in [3.8, 4) is 0 Å². The van der Waals surface area contributed by atoms with E-state index in [2.05, 4.69) is 11.8 Å². The van der Waals surface area contributed by atoms with Gasteiger partial charge < -0.3 is 20.9 Å². The van der Waals surface area contributed by atoms with E-state index in [1.54, 1.807) is 0 Å². The normalized spacial score (nSPS) is 17.3. The average Bonchev–Trinajstić information content (AvgIpc) is 2.67. The molecule has 138 valence electrons. The lowest BCUT2D eigenvalue weighted by atomic mass is 10.0. The van der Waals surface area contributed by atoms with Gasteiger partial charge in [-0.3, -0.25) is 4.90 Å². The van der Waals surface area contributed by atoms with Crippen LogP contribution in [0.25, 0.3) is 5.70 Å². The molecular formula is C20H31N3O2. The van der Waals surface area contributed by atoms with Crippen LogP contribution in [0.15, 0.2) is 41.7 Å². The molecule has 0 spiro atoms. The van der Waals surface area contributed by atoms with Gasteiger partial charge in [0, 0.05) is 38.3 Å². The second kappa shape index (κ2) is 10.2. The van der Waals surface area contributed by atoms with Crippen molar-refractivity contribution in [2.75, 3.05) is 39.5 Å². The van der Waals surface area contributed by atoms with Gasteiger partial charge in [-0.05, 0) is 35.8 Å². The van der Waals surface area contributed by atoms with Gasteiger partial charge in [-0.25, -0.2) is 0 Å². The molecule has 2 rings (SSSR count). The zero-order valence-electron chi connectivity index (χ0n) is 15.5. The third kappa shape index (κ3) is 6.20. The van der Waals surface area contributed by atoms with E-state index in [-0.39, 0.29) is 0 Å². The van der Waals surface area contributed by atoms with E-state index in [0.717, 1.165) is 67.4 Å². The van der Waals surface area contributed by atoms with E-state index in [1.807, 2.05) is 37.3 Å². The SMILES string of the molecule is CC/C(=C\C(C)=C(/N)c1cccc(CN)c1)OCCN1CCOCC1. The molecule has 25 heavy (non-hydrogen) atoms. The minimum Gasteiger partial charge on any atom is -0.497 e. The summed E-state index contributed by atoms with van der Waals surface area (Å²) in [6, 6.07) is 8.05. The van der Waals surface area contributed by atoms with E-state index in [9.17, 15) is 0 Å². The van der Waals surface area contributed by atoms with Crippen molar-refractivity contribution < 1.29 is 9.47 Å². The van der Waals surface area contributed by atoms with E-state index in [4.69, 9.17) is 20.9 Å². The summed E-state index contributed by atoms with van der Waals surface area (Å²) in [7, 11) is 0. The molecule has 1 fully saturated rings. The molecule has 5 heteroatoms. The Morgan fingerprint density at radius 3 is 2.76 bits per heavy atom. The van der Waals surface area contributed by atoms with Crippen LogP contribution in [-0.4, -0.2) is 44.4 Å². The number of nitrogens with two attached hydrogens (primary N) is 2. The number of morpholine rings is 1. The van der Waals surface area contributed by atoms with Crippen molar-refractivity contribution in [2.45, 2.75) is 26.8 Å². The highest BCUT2D eigenvalue weighted by molar-refractivity contribution is 5.68. The molecule has 1 aliphatic rings. The van der Waals surface area contributed by atoms with Gasteiger partial charge in [0.2, 0.25) is 0 Å². The summed E-state index contributed by atoms with van der Waals surface area (Å²) in [5, 5.41) is 0. The molecule has 1 aromatic rings. The summed E-state index contributed by atoms with van der Waals surface area (Å²) < 4.78 is 11.3. The molecule has 1 aromatic carbocycles. The average molecular weight is 345 g/mol. The van der Waals surface area contributed by atoms with Gasteiger partial charge in [0.15, 0.2) is 0 Å². The van der Waals surface area contributed by atoms with Gasteiger partial charge in [0.25, 0.3) is 0 Å². The summed E-state index contributed by atoms with van der Waals surface area (Å²) in [6.07, 6.45) is 2.89. The van der Waals surface area contributed by atoms with Crippen molar-refractivity contribution in [1.29, 1.82) is 0 Å². The predicted molar refractivity (Wildman–Crippen MR) is 103 cm³/mol. The van der Waals surface area contributed by atoms with Crippen LogP contribution in [0.1, 0.15) is 31.4 Å². The lowest BCUT2D eigenvalue weighted by Gasteiger charge is -2.26. The molecule has 0 aliphatic carbocycles. The molecule has 1 aliphatic heterocycles. The van der Waals surface area contributed by atoms with E-state index < -0.39 is 0 Å². The molecule has 0 amide bonds. The first-order chi connectivity index (χ1) is 12.1. The topological polar surface area (TPSA) is 73.7 Å². The zero-order chi connectivity index (χ0) is 18.1. The van der Waals surface area contributed by atoms with Gasteiger partial charge in [0.05, 0.1) is 19.0 Å². The standard InChI is InChI=1S/C20H31N3O2/c1-3-19(25-12-9-23-7-10-24-11-8-23)13-16(2)20(22)18-6-4-5-17(14-18)15-21/h4-6,13-14H,3,7-12,15,21-22H2,1-2H3/b19-13+,20-16-. The maximum atomic E-state index is 6.33. The lowest BCUT2D eigenvalue weighted by molar-refractivity contribution is 0.0271. The smallest absolute Gasteiger partial charge is 0.100 e. The van der Waals surface area contributed by atoms with Gasteiger partial charge in [-0.1, -0.05) is 25.1 Å². The fourth-order valence-electron chi connectivity index (χ4n) is 2.79. The third-order valence-corrected chi connectivity index (χ3v) is 4.42. The Kier molecular flexibility index (Phi) is 7.98. The summed E-state index contributed by atoms with van der Waals surface area (Å²) in [5.74, 6) is 0.962. The molecule has 0 bridgehead atoms. The molecule has 5 nitrogen and oxygen atoms in total. The highest BCUT2D eigenvalue weighted by atomic mass is 16.5. The number of nitrogens with zero attached hydrogens (tertiary/aromatic N) is 1. The Balaban J connectivity index is 1.98. The number of rotatable bonds is 8. The van der Waals surface area contributed by atoms with Crippen molar-refractivity contribution in [2.24, 2.45) is 11.5 Å². The third-order valence-electron chi connectivity index (χ3n) is 4.42. The summed E-state index contributed by atoms with van der Waals surface area (Å²) >= 11 is 0. The highest BCUT2D eigenvalue weighted by Crippen LogP contribution is 2.18. The Hall–Kier alpha value is -1.82. The predicted octanol–water partition coefficient (Wildman–Crippen LogP) is 2.48. The molecule has 0 aromatic heterocycles. The van der Waals surface area contributed by atoms with Crippen molar-refractivity contribution in [3.05, 3.63) is 52.8 Å². The fraction of sp³-hybridized carbons (Fsp3) is 0.500. The largest absolute Gasteiger partial charge is 0.497 e. The molecule has 0 saturated carbocycles. The number of benzene rings is 1. The van der Waals surface area contributed by atoms with Crippen LogP contribution in [0, 0.1) is 0 Å². The van der Waals surface area contributed by atoms with Crippen LogP contribution in [0.2, 0.25) is 0 Å². The van der Waals surface area contributed by atoms with Crippen LogP contribution in [-0.2, 0) is 16.0 Å². The molecule has 0 atom stereocenters. The maximum absolute atomic E-state index is 6.33. The first-order valence-electron chi connectivity index (χ1n) is 9.03. The quantitative estimate of drug-likeness (QED) is 0.559. The number of ether oxygens (including phenoxy) is 2. The number of hydrogen-bond donors (Lipinski definition) is 2. The Labute approximate surface area is 151 Å². The Morgan fingerprint density at radius 2 is 2.08 bits per heavy atom. The summed E-state index contributed by atoms with van der Waals surface area (Å²) in [4.78, 5) is 2.37. The first-order valence-corrected chi connectivity index (χ1v) is 9.03. The minimum atomic E-state index is 0.515. The minimum absolute atomic E-state index is 0.515. The Bertz CT molecular complexity index is 605. The summed E-state index contributed by atoms with van der Waals surface area (Å²) in [6.45, 7) is 9.85. The van der Waals surface area contributed by atoms with Crippen LogP contribution in [0.3, 0.4) is 0 Å². The van der Waals surface area contributed by atoms with Crippen LogP contribution >= 0.6 is 0 Å². The van der Waals surface area contributed by atoms with Crippen molar-refractivity contribution in [3.63, 3.8) is 0 Å². The van der Waals surface area contributed by atoms with Gasteiger partial charge in [-0.15, -0.1) is 0 Å². The molecule has 0 unspecified atom stereocenters. The van der Waals surface area contributed by atoms with Crippen LogP contribution < -0.4 is 11.5 Å². The fourth-order valence-corrected chi connectivity index (χ4v) is 2.79. The summed E-state index contributed by atoms with van der Waals surface area (Å²) in [5.41, 5.74) is 15.9. The van der Waals surface area contributed by atoms with Crippen LogP contribution in [0.5, 0.6) is 0 Å². The van der Waals surface area contributed by atoms with Crippen molar-refractivity contribution >= 4 is 5.70 Å². The van der Waals surface area contributed by atoms with Crippen LogP contribution in [0.4, 0.5) is 0 Å². The molecule has 1 saturated heterocycles. The van der Waals surface area contributed by atoms with Gasteiger partial charge >= 0.3 is 0 Å². The number of hydrogen-bond acceptors (Lipinski definition) is 5. The number of allylic oxidation sites excluding steroid dienone is 3. The lowest BCUT2D eigenvalue weighted by Crippen LogP contribution is -2.38. The van der Waals surface area contributed by atoms with E-state index >= 15 is 0 Å². The monoisotopic (exact) mass is 345 g/mol. The molecule has 4 N–H and O–H groups in total. The first kappa shape index (κ1) is 19.5.